The second-order valence-electron chi connectivity index (χ2n) is 3.81. The molecule has 2 atom stereocenters. The van der Waals surface area contributed by atoms with Crippen molar-refractivity contribution in [2.24, 2.45) is 0 Å². The predicted octanol–water partition coefficient (Wildman–Crippen LogP) is 0.735. The Bertz CT molecular complexity index is 466. The summed E-state index contributed by atoms with van der Waals surface area (Å²) in [5.41, 5.74) is -1.05. The molecule has 1 aromatic carbocycles. The average Bonchev–Trinajstić information content (AvgIpc) is 2.37. The topological polar surface area (TPSA) is 83.8 Å². The zero-order valence-corrected chi connectivity index (χ0v) is 9.97. The number of hydrogen-bond acceptors (Lipinski definition) is 5. The molecule has 0 aromatic heterocycles. The third-order valence-electron chi connectivity index (χ3n) is 2.53. The summed E-state index contributed by atoms with van der Waals surface area (Å²) >= 11 is 0. The van der Waals surface area contributed by atoms with E-state index in [-0.39, 0.29) is 11.8 Å². The molecule has 0 saturated heterocycles. The molecule has 0 saturated carbocycles. The first-order valence-electron chi connectivity index (χ1n) is 5.27. The molecule has 0 fully saturated rings. The van der Waals surface area contributed by atoms with Gasteiger partial charge in [0.05, 0.1) is 25.2 Å². The number of methoxy groups -OCH3 is 1. The molecule has 1 rings (SSSR count). The Balaban J connectivity index is 2.97. The van der Waals surface area contributed by atoms with Crippen LogP contribution < -0.4 is 0 Å². The van der Waals surface area contributed by atoms with Crippen LogP contribution in [0.2, 0.25) is 0 Å². The summed E-state index contributed by atoms with van der Waals surface area (Å²) in [6.07, 6.45) is -3.78. The number of esters is 1. The van der Waals surface area contributed by atoms with Crippen molar-refractivity contribution in [1.29, 1.82) is 0 Å². The van der Waals surface area contributed by atoms with Gasteiger partial charge in [-0.15, -0.1) is 0 Å². The summed E-state index contributed by atoms with van der Waals surface area (Å²) < 4.78 is 30.9. The van der Waals surface area contributed by atoms with Crippen LogP contribution in [0.1, 0.15) is 28.4 Å². The zero-order valence-electron chi connectivity index (χ0n) is 9.97. The van der Waals surface area contributed by atoms with Gasteiger partial charge in [0.15, 0.2) is 6.29 Å². The van der Waals surface area contributed by atoms with Gasteiger partial charge in [-0.2, -0.15) is 0 Å². The summed E-state index contributed by atoms with van der Waals surface area (Å²) in [6.45, 7) is 0. The van der Waals surface area contributed by atoms with Crippen molar-refractivity contribution < 1.29 is 33.3 Å². The van der Waals surface area contributed by atoms with Crippen molar-refractivity contribution in [1.82, 2.24) is 0 Å². The molecule has 1 aromatic rings. The van der Waals surface area contributed by atoms with Gasteiger partial charge in [-0.1, -0.05) is 0 Å². The molecule has 0 heterocycles. The molecule has 2 N–H and O–H groups in total. The normalized spacial score (nSPS) is 13.7. The first-order chi connectivity index (χ1) is 8.90. The summed E-state index contributed by atoms with van der Waals surface area (Å²) in [5.74, 6) is -3.10. The van der Waals surface area contributed by atoms with Crippen LogP contribution in [0.25, 0.3) is 0 Å². The number of aliphatic hydroxyl groups is 2. The highest BCUT2D eigenvalue weighted by atomic mass is 19.1. The maximum Gasteiger partial charge on any atom is 0.308 e. The maximum absolute atomic E-state index is 13.3. The number of hydrogen-bond donors (Lipinski definition) is 2. The van der Waals surface area contributed by atoms with Crippen molar-refractivity contribution >= 4 is 12.3 Å². The second-order valence-corrected chi connectivity index (χ2v) is 3.81. The fraction of sp³-hybridized carbons (Fsp3) is 0.333. The van der Waals surface area contributed by atoms with E-state index in [9.17, 15) is 28.6 Å². The van der Waals surface area contributed by atoms with E-state index in [1.807, 2.05) is 0 Å². The first kappa shape index (κ1) is 15.2. The highest BCUT2D eigenvalue weighted by Crippen LogP contribution is 2.23. The molecule has 0 amide bonds. The van der Waals surface area contributed by atoms with Crippen molar-refractivity contribution in [2.45, 2.75) is 18.6 Å². The summed E-state index contributed by atoms with van der Waals surface area (Å²) in [4.78, 5) is 21.3. The fourth-order valence-electron chi connectivity index (χ4n) is 1.48. The highest BCUT2D eigenvalue weighted by molar-refractivity contribution is 5.75. The maximum atomic E-state index is 13.3. The zero-order chi connectivity index (χ0) is 14.6. The van der Waals surface area contributed by atoms with E-state index in [4.69, 9.17) is 0 Å². The van der Waals surface area contributed by atoms with Crippen molar-refractivity contribution in [3.63, 3.8) is 0 Å². The number of rotatable bonds is 5. The fourth-order valence-corrected chi connectivity index (χ4v) is 1.48. The third kappa shape index (κ3) is 3.55. The van der Waals surface area contributed by atoms with E-state index in [1.54, 1.807) is 0 Å². The van der Waals surface area contributed by atoms with Crippen molar-refractivity contribution in [2.75, 3.05) is 7.11 Å². The van der Waals surface area contributed by atoms with Gasteiger partial charge in [-0.05, 0) is 17.7 Å². The van der Waals surface area contributed by atoms with Gasteiger partial charge in [-0.25, -0.2) is 8.78 Å². The average molecular weight is 274 g/mol. The van der Waals surface area contributed by atoms with Gasteiger partial charge in [0, 0.05) is 0 Å². The van der Waals surface area contributed by atoms with Gasteiger partial charge in [0.1, 0.15) is 17.7 Å². The molecule has 0 spiro atoms. The predicted molar refractivity (Wildman–Crippen MR) is 59.3 cm³/mol. The second kappa shape index (κ2) is 6.35. The van der Waals surface area contributed by atoms with Crippen molar-refractivity contribution in [3.8, 4) is 0 Å². The Morgan fingerprint density at radius 2 is 1.89 bits per heavy atom. The largest absolute Gasteiger partial charge is 0.469 e. The SMILES string of the molecule is COC(=O)CC(O)C(O)c1cc(F)c(C=O)c(F)c1. The van der Waals surface area contributed by atoms with Gasteiger partial charge in [0.25, 0.3) is 0 Å². The molecule has 7 heteroatoms. The lowest BCUT2D eigenvalue weighted by molar-refractivity contribution is -0.144. The Morgan fingerprint density at radius 1 is 1.37 bits per heavy atom. The van der Waals surface area contributed by atoms with Crippen LogP contribution in [0.3, 0.4) is 0 Å². The molecule has 0 radical (unpaired) electrons. The number of aliphatic hydroxyl groups excluding tert-OH is 2. The minimum atomic E-state index is -1.68. The molecule has 104 valence electrons. The lowest BCUT2D eigenvalue weighted by Crippen LogP contribution is -2.23. The van der Waals surface area contributed by atoms with Gasteiger partial charge >= 0.3 is 5.97 Å². The standard InChI is InChI=1S/C12H12F2O5/c1-19-11(17)4-10(16)12(18)6-2-8(13)7(5-15)9(14)3-6/h2-3,5,10,12,16,18H,4H2,1H3. The summed E-state index contributed by atoms with van der Waals surface area (Å²) in [5, 5.41) is 19.2. The lowest BCUT2D eigenvalue weighted by Gasteiger charge is -2.17. The lowest BCUT2D eigenvalue weighted by atomic mass is 10.0. The van der Waals surface area contributed by atoms with Gasteiger partial charge < -0.3 is 14.9 Å². The van der Waals surface area contributed by atoms with E-state index >= 15 is 0 Å². The monoisotopic (exact) mass is 274 g/mol. The van der Waals surface area contributed by atoms with Gasteiger partial charge in [0.2, 0.25) is 0 Å². The molecule has 2 unspecified atom stereocenters. The van der Waals surface area contributed by atoms with Crippen LogP contribution in [0.15, 0.2) is 12.1 Å². The molecule has 5 nitrogen and oxygen atoms in total. The highest BCUT2D eigenvalue weighted by Gasteiger charge is 2.24. The molecule has 0 aliphatic rings. The number of ether oxygens (including phenoxy) is 1. The molecule has 19 heavy (non-hydrogen) atoms. The number of aldehydes is 1. The Hall–Kier alpha value is -1.86. The molecular weight excluding hydrogens is 262 g/mol. The number of halogens is 2. The first-order valence-corrected chi connectivity index (χ1v) is 5.27. The van der Waals surface area contributed by atoms with Crippen LogP contribution >= 0.6 is 0 Å². The Labute approximate surface area is 107 Å². The van der Waals surface area contributed by atoms with Crippen LogP contribution in [-0.2, 0) is 9.53 Å². The quantitative estimate of drug-likeness (QED) is 0.611. The number of carbonyl (C=O) groups is 2. The molecule has 0 aliphatic heterocycles. The van der Waals surface area contributed by atoms with Crippen molar-refractivity contribution in [3.05, 3.63) is 34.9 Å². The third-order valence-corrected chi connectivity index (χ3v) is 2.53. The number of carbonyl (C=O) groups excluding carboxylic acids is 2. The van der Waals surface area contributed by atoms with Gasteiger partial charge in [-0.3, -0.25) is 9.59 Å². The van der Waals surface area contributed by atoms with Crippen LogP contribution in [-0.4, -0.2) is 35.7 Å². The van der Waals surface area contributed by atoms with Crippen LogP contribution in [0, 0.1) is 11.6 Å². The molecule has 0 aliphatic carbocycles. The van der Waals surface area contributed by atoms with Crippen LogP contribution in [0.4, 0.5) is 8.78 Å². The van der Waals surface area contributed by atoms with E-state index in [2.05, 4.69) is 4.74 Å². The number of benzene rings is 1. The van der Waals surface area contributed by atoms with E-state index < -0.39 is 41.8 Å². The van der Waals surface area contributed by atoms with E-state index in [0.717, 1.165) is 19.2 Å². The van der Waals surface area contributed by atoms with E-state index in [1.165, 1.54) is 0 Å². The van der Waals surface area contributed by atoms with Crippen LogP contribution in [0.5, 0.6) is 0 Å². The Kier molecular flexibility index (Phi) is 5.08. The summed E-state index contributed by atoms with van der Waals surface area (Å²) in [7, 11) is 1.10. The minimum absolute atomic E-state index is 0.00566. The van der Waals surface area contributed by atoms with E-state index in [0.29, 0.717) is 0 Å². The minimum Gasteiger partial charge on any atom is -0.469 e. The Morgan fingerprint density at radius 3 is 2.32 bits per heavy atom. The smallest absolute Gasteiger partial charge is 0.308 e. The summed E-state index contributed by atoms with van der Waals surface area (Å²) in [6, 6.07) is 1.44. The molecular formula is C12H12F2O5. The molecule has 0 bridgehead atoms.